The topological polar surface area (TPSA) is 77.1 Å². The van der Waals surface area contributed by atoms with Gasteiger partial charge in [0.05, 0.1) is 37.6 Å². The minimum absolute atomic E-state index is 0.109. The number of cyclic esters (lactones) is 1. The zero-order valence-corrected chi connectivity index (χ0v) is 13.0. The molecule has 3 rings (SSSR count). The molecule has 2 aliphatic rings. The second kappa shape index (κ2) is 6.29. The van der Waals surface area contributed by atoms with Gasteiger partial charge in [-0.1, -0.05) is 12.1 Å². The molecule has 1 aromatic carbocycles. The maximum atomic E-state index is 12.4. The van der Waals surface area contributed by atoms with Crippen LogP contribution in [0, 0.1) is 0 Å². The Balaban J connectivity index is 1.96. The summed E-state index contributed by atoms with van der Waals surface area (Å²) >= 11 is 0. The molecule has 0 aromatic heterocycles. The lowest BCUT2D eigenvalue weighted by Crippen LogP contribution is -2.48. The lowest BCUT2D eigenvalue weighted by Gasteiger charge is -2.32. The molecule has 2 amide bonds. The van der Waals surface area contributed by atoms with Crippen molar-refractivity contribution >= 4 is 12.0 Å². The molecular weight excluding hydrogens is 300 g/mol. The Morgan fingerprint density at radius 1 is 1.26 bits per heavy atom. The summed E-state index contributed by atoms with van der Waals surface area (Å²) in [6.07, 6.45) is 0. The van der Waals surface area contributed by atoms with Gasteiger partial charge in [0.25, 0.3) is 0 Å². The first-order chi connectivity index (χ1) is 11.2. The van der Waals surface area contributed by atoms with E-state index in [9.17, 15) is 9.59 Å². The molecule has 1 atom stereocenters. The van der Waals surface area contributed by atoms with Crippen LogP contribution in [0.15, 0.2) is 35.5 Å². The quantitative estimate of drug-likeness (QED) is 0.826. The standard InChI is InChI=1S/C16H18N2O5/c1-21-8-7-18-12-9-23-15(19)13(12)14(17-16(18)20)10-3-5-11(22-2)6-4-10/h3-6,14H,7-9H2,1-2H3,(H,17,20)/t14-/m0/s1. The molecule has 7 heteroatoms. The minimum atomic E-state index is -0.516. The predicted molar refractivity (Wildman–Crippen MR) is 80.8 cm³/mol. The smallest absolute Gasteiger partial charge is 0.338 e. The van der Waals surface area contributed by atoms with Crippen LogP contribution in [0.25, 0.3) is 0 Å². The van der Waals surface area contributed by atoms with Crippen molar-refractivity contribution in [3.8, 4) is 5.75 Å². The number of hydrogen-bond donors (Lipinski definition) is 1. The molecule has 0 fully saturated rings. The number of ether oxygens (including phenoxy) is 3. The number of amides is 2. The van der Waals surface area contributed by atoms with Gasteiger partial charge in [-0.2, -0.15) is 0 Å². The van der Waals surface area contributed by atoms with Crippen LogP contribution < -0.4 is 10.1 Å². The third kappa shape index (κ3) is 2.75. The molecule has 7 nitrogen and oxygen atoms in total. The second-order valence-electron chi connectivity index (χ2n) is 5.24. The van der Waals surface area contributed by atoms with Crippen LogP contribution in [0.2, 0.25) is 0 Å². The lowest BCUT2D eigenvalue weighted by atomic mass is 9.95. The summed E-state index contributed by atoms with van der Waals surface area (Å²) in [6, 6.07) is 6.45. The Morgan fingerprint density at radius 2 is 2.00 bits per heavy atom. The molecule has 2 aliphatic heterocycles. The summed E-state index contributed by atoms with van der Waals surface area (Å²) in [6.45, 7) is 0.858. The summed E-state index contributed by atoms with van der Waals surface area (Å²) < 4.78 is 15.3. The number of nitrogens with zero attached hydrogens (tertiary/aromatic N) is 1. The average Bonchev–Trinajstić information content (AvgIpc) is 2.95. The third-order valence-corrected chi connectivity index (χ3v) is 3.97. The number of nitrogens with one attached hydrogen (secondary N) is 1. The van der Waals surface area contributed by atoms with E-state index >= 15 is 0 Å². The molecule has 0 spiro atoms. The number of rotatable bonds is 5. The molecule has 1 aromatic rings. The number of urea groups is 1. The molecular formula is C16H18N2O5. The summed E-state index contributed by atoms with van der Waals surface area (Å²) in [4.78, 5) is 26.0. The van der Waals surface area contributed by atoms with Crippen molar-refractivity contribution in [2.75, 3.05) is 34.0 Å². The number of methoxy groups -OCH3 is 2. The van der Waals surface area contributed by atoms with Crippen LogP contribution in [0.5, 0.6) is 5.75 Å². The van der Waals surface area contributed by atoms with E-state index < -0.39 is 12.0 Å². The van der Waals surface area contributed by atoms with E-state index in [1.54, 1.807) is 26.4 Å². The molecule has 122 valence electrons. The number of hydrogen-bond acceptors (Lipinski definition) is 5. The summed E-state index contributed by atoms with van der Waals surface area (Å²) in [5.74, 6) is 0.309. The van der Waals surface area contributed by atoms with Crippen molar-refractivity contribution < 1.29 is 23.8 Å². The van der Waals surface area contributed by atoms with Gasteiger partial charge in [0.1, 0.15) is 12.4 Å². The Bertz CT molecular complexity index is 653. The molecule has 2 heterocycles. The normalized spacial score (nSPS) is 20.3. The number of benzene rings is 1. The predicted octanol–water partition coefficient (Wildman–Crippen LogP) is 1.22. The fraction of sp³-hybridized carbons (Fsp3) is 0.375. The first kappa shape index (κ1) is 15.4. The van der Waals surface area contributed by atoms with Gasteiger partial charge in [0.2, 0.25) is 0 Å². The molecule has 0 saturated carbocycles. The highest BCUT2D eigenvalue weighted by atomic mass is 16.5. The van der Waals surface area contributed by atoms with Gasteiger partial charge in [-0.25, -0.2) is 9.59 Å². The van der Waals surface area contributed by atoms with Crippen molar-refractivity contribution in [2.45, 2.75) is 6.04 Å². The molecule has 23 heavy (non-hydrogen) atoms. The van der Waals surface area contributed by atoms with E-state index in [4.69, 9.17) is 14.2 Å². The van der Waals surface area contributed by atoms with Gasteiger partial charge < -0.3 is 19.5 Å². The highest BCUT2D eigenvalue weighted by Gasteiger charge is 2.41. The van der Waals surface area contributed by atoms with E-state index in [0.717, 1.165) is 5.56 Å². The van der Waals surface area contributed by atoms with Crippen LogP contribution >= 0.6 is 0 Å². The van der Waals surface area contributed by atoms with Gasteiger partial charge in [-0.05, 0) is 17.7 Å². The second-order valence-corrected chi connectivity index (χ2v) is 5.24. The van der Waals surface area contributed by atoms with Gasteiger partial charge in [-0.15, -0.1) is 0 Å². The Morgan fingerprint density at radius 3 is 2.65 bits per heavy atom. The van der Waals surface area contributed by atoms with Crippen molar-refractivity contribution in [3.05, 3.63) is 41.1 Å². The van der Waals surface area contributed by atoms with E-state index in [1.807, 2.05) is 12.1 Å². The first-order valence-corrected chi connectivity index (χ1v) is 7.26. The Kier molecular flexibility index (Phi) is 4.20. The fourth-order valence-corrected chi connectivity index (χ4v) is 2.78. The van der Waals surface area contributed by atoms with E-state index in [2.05, 4.69) is 5.32 Å². The van der Waals surface area contributed by atoms with E-state index in [0.29, 0.717) is 30.2 Å². The summed E-state index contributed by atoms with van der Waals surface area (Å²) in [5, 5.41) is 2.86. The van der Waals surface area contributed by atoms with Crippen LogP contribution in [0.4, 0.5) is 4.79 Å². The molecule has 0 radical (unpaired) electrons. The monoisotopic (exact) mass is 318 g/mol. The van der Waals surface area contributed by atoms with Crippen LogP contribution in [0.1, 0.15) is 11.6 Å². The van der Waals surface area contributed by atoms with Gasteiger partial charge in [-0.3, -0.25) is 4.90 Å². The van der Waals surface area contributed by atoms with E-state index in [1.165, 1.54) is 4.90 Å². The molecule has 1 N–H and O–H groups in total. The van der Waals surface area contributed by atoms with Crippen LogP contribution in [-0.4, -0.2) is 50.9 Å². The van der Waals surface area contributed by atoms with Crippen LogP contribution in [0.3, 0.4) is 0 Å². The summed E-state index contributed by atoms with van der Waals surface area (Å²) in [7, 11) is 3.15. The Labute approximate surface area is 133 Å². The number of carbonyl (C=O) groups is 2. The van der Waals surface area contributed by atoms with Gasteiger partial charge >= 0.3 is 12.0 Å². The van der Waals surface area contributed by atoms with Crippen molar-refractivity contribution in [1.29, 1.82) is 0 Å². The molecule has 0 bridgehead atoms. The molecule has 0 saturated heterocycles. The fourth-order valence-electron chi connectivity index (χ4n) is 2.78. The first-order valence-electron chi connectivity index (χ1n) is 7.26. The largest absolute Gasteiger partial charge is 0.497 e. The van der Waals surface area contributed by atoms with E-state index in [-0.39, 0.29) is 12.6 Å². The summed E-state index contributed by atoms with van der Waals surface area (Å²) in [5.41, 5.74) is 1.89. The highest BCUT2D eigenvalue weighted by Crippen LogP contribution is 2.35. The van der Waals surface area contributed by atoms with Gasteiger partial charge in [0, 0.05) is 7.11 Å². The number of esters is 1. The third-order valence-electron chi connectivity index (χ3n) is 3.97. The van der Waals surface area contributed by atoms with Crippen molar-refractivity contribution in [1.82, 2.24) is 10.2 Å². The number of carbonyl (C=O) groups excluding carboxylic acids is 2. The van der Waals surface area contributed by atoms with Crippen LogP contribution in [-0.2, 0) is 14.3 Å². The average molecular weight is 318 g/mol. The van der Waals surface area contributed by atoms with Gasteiger partial charge in [0.15, 0.2) is 0 Å². The van der Waals surface area contributed by atoms with Crippen molar-refractivity contribution in [2.24, 2.45) is 0 Å². The maximum Gasteiger partial charge on any atom is 0.338 e. The molecule has 0 unspecified atom stereocenters. The highest BCUT2D eigenvalue weighted by molar-refractivity contribution is 5.97. The molecule has 0 aliphatic carbocycles. The maximum absolute atomic E-state index is 12.4. The minimum Gasteiger partial charge on any atom is -0.497 e. The lowest BCUT2D eigenvalue weighted by molar-refractivity contribution is -0.136. The Hall–Kier alpha value is -2.54. The zero-order chi connectivity index (χ0) is 16.4. The van der Waals surface area contributed by atoms with Crippen molar-refractivity contribution in [3.63, 3.8) is 0 Å². The SMILES string of the molecule is COCCN1C(=O)N[C@@H](c2ccc(OC)cc2)C2=C1COC2=O. The zero-order valence-electron chi connectivity index (χ0n) is 13.0.